The Kier molecular flexibility index (Phi) is 7.45. The maximum Gasteiger partial charge on any atom is 0.164 e. The van der Waals surface area contributed by atoms with Crippen molar-refractivity contribution in [3.63, 3.8) is 0 Å². The van der Waals surface area contributed by atoms with Gasteiger partial charge < -0.3 is 4.74 Å². The lowest BCUT2D eigenvalue weighted by atomic mass is 9.66. The van der Waals surface area contributed by atoms with E-state index in [0.29, 0.717) is 17.5 Å². The summed E-state index contributed by atoms with van der Waals surface area (Å²) in [5, 5.41) is 4.85. The Morgan fingerprint density at radius 1 is 0.458 bits per heavy atom. The largest absolute Gasteiger partial charge is 0.457 e. The fraction of sp³-hybridized carbons (Fsp3) is 0.0727. The maximum absolute atomic E-state index is 6.83. The van der Waals surface area contributed by atoms with Crippen molar-refractivity contribution in [3.05, 3.63) is 222 Å². The van der Waals surface area contributed by atoms with Crippen LogP contribution in [0.1, 0.15) is 47.0 Å². The van der Waals surface area contributed by atoms with Gasteiger partial charge in [0, 0.05) is 27.8 Å². The van der Waals surface area contributed by atoms with E-state index < -0.39 is 5.41 Å². The third-order valence-corrected chi connectivity index (χ3v) is 12.7. The predicted molar refractivity (Wildman–Crippen MR) is 239 cm³/mol. The first-order chi connectivity index (χ1) is 29.1. The predicted octanol–water partition coefficient (Wildman–Crippen LogP) is 13.5. The van der Waals surface area contributed by atoms with E-state index in [-0.39, 0.29) is 5.92 Å². The third kappa shape index (κ3) is 5.12. The highest BCUT2D eigenvalue weighted by Crippen LogP contribution is 2.62. The minimum absolute atomic E-state index is 0.162. The van der Waals surface area contributed by atoms with Crippen LogP contribution in [0.5, 0.6) is 11.5 Å². The van der Waals surface area contributed by atoms with E-state index in [0.717, 1.165) is 45.6 Å². The van der Waals surface area contributed by atoms with Crippen molar-refractivity contribution in [3.8, 4) is 45.4 Å². The summed E-state index contributed by atoms with van der Waals surface area (Å²) >= 11 is 0. The van der Waals surface area contributed by atoms with Gasteiger partial charge in [0.2, 0.25) is 0 Å². The molecule has 1 atom stereocenters. The standard InChI is InChI=1S/C55H37N3O/c1-34-31-37(38-27-30-49-51(33-38)59-50-22-12-11-21-48(50)55(49)46-19-9-7-17-44(46)45-18-8-10-20-47(45)55)25-28-41(34)54-57-52(36-14-3-2-4-15-36)56-53(58-54)40-26-29-43-39(32-40)24-23-35-13-5-6-16-42(35)43/h2-30,32-34H,31H2,1H3. The van der Waals surface area contributed by atoms with Gasteiger partial charge in [-0.2, -0.15) is 0 Å². The smallest absolute Gasteiger partial charge is 0.164 e. The second-order valence-corrected chi connectivity index (χ2v) is 16.0. The number of allylic oxidation sites excluding steroid dienone is 4. The van der Waals surface area contributed by atoms with Gasteiger partial charge in [-0.15, -0.1) is 0 Å². The second-order valence-electron chi connectivity index (χ2n) is 16.0. The number of benzene rings is 8. The average molecular weight is 756 g/mol. The first kappa shape index (κ1) is 33.7. The van der Waals surface area contributed by atoms with Crippen molar-refractivity contribution in [2.45, 2.75) is 18.8 Å². The van der Waals surface area contributed by atoms with Crippen LogP contribution < -0.4 is 4.74 Å². The van der Waals surface area contributed by atoms with Crippen LogP contribution in [0, 0.1) is 5.92 Å². The van der Waals surface area contributed by atoms with Crippen molar-refractivity contribution < 1.29 is 4.74 Å². The van der Waals surface area contributed by atoms with Gasteiger partial charge in [-0.25, -0.2) is 15.0 Å². The molecule has 0 saturated carbocycles. The molecule has 0 radical (unpaired) electrons. The first-order valence-corrected chi connectivity index (χ1v) is 20.4. The number of hydrogen-bond donors (Lipinski definition) is 0. The molecule has 1 unspecified atom stereocenters. The molecule has 1 aliphatic heterocycles. The summed E-state index contributed by atoms with van der Waals surface area (Å²) in [5.41, 5.74) is 12.5. The van der Waals surface area contributed by atoms with Gasteiger partial charge in [-0.3, -0.25) is 0 Å². The fourth-order valence-electron chi connectivity index (χ4n) is 9.93. The molecule has 278 valence electrons. The summed E-state index contributed by atoms with van der Waals surface area (Å²) in [6.45, 7) is 2.28. The van der Waals surface area contributed by atoms with Gasteiger partial charge in [-0.1, -0.05) is 177 Å². The minimum atomic E-state index is -0.469. The molecule has 0 bridgehead atoms. The topological polar surface area (TPSA) is 47.9 Å². The highest BCUT2D eigenvalue weighted by molar-refractivity contribution is 6.08. The van der Waals surface area contributed by atoms with Crippen molar-refractivity contribution in [2.75, 3.05) is 0 Å². The number of para-hydroxylation sites is 1. The molecule has 0 amide bonds. The Balaban J connectivity index is 0.959. The summed E-state index contributed by atoms with van der Waals surface area (Å²) in [5.74, 6) is 4.01. The molecule has 1 aromatic heterocycles. The summed E-state index contributed by atoms with van der Waals surface area (Å²) in [7, 11) is 0. The quantitative estimate of drug-likeness (QED) is 0.168. The highest BCUT2D eigenvalue weighted by Gasteiger charge is 2.51. The average Bonchev–Trinajstić information content (AvgIpc) is 3.59. The normalized spacial score (nSPS) is 15.8. The van der Waals surface area contributed by atoms with E-state index in [1.54, 1.807) is 0 Å². The van der Waals surface area contributed by atoms with Crippen LogP contribution in [-0.2, 0) is 5.41 Å². The molecule has 0 saturated heterocycles. The van der Waals surface area contributed by atoms with E-state index >= 15 is 0 Å². The van der Waals surface area contributed by atoms with Crippen LogP contribution in [0.25, 0.3) is 66.6 Å². The van der Waals surface area contributed by atoms with Gasteiger partial charge >= 0.3 is 0 Å². The van der Waals surface area contributed by atoms with Gasteiger partial charge in [0.25, 0.3) is 0 Å². The molecular weight excluding hydrogens is 719 g/mol. The molecule has 4 nitrogen and oxygen atoms in total. The van der Waals surface area contributed by atoms with Crippen LogP contribution in [0.2, 0.25) is 0 Å². The molecule has 0 N–H and O–H groups in total. The van der Waals surface area contributed by atoms with Crippen LogP contribution in [0.3, 0.4) is 0 Å². The van der Waals surface area contributed by atoms with E-state index in [2.05, 4.69) is 177 Å². The van der Waals surface area contributed by atoms with Crippen LogP contribution in [-0.4, -0.2) is 15.0 Å². The molecule has 3 aliphatic rings. The zero-order valence-corrected chi connectivity index (χ0v) is 32.4. The molecule has 12 rings (SSSR count). The number of nitrogens with zero attached hydrogens (tertiary/aromatic N) is 3. The number of ether oxygens (including phenoxy) is 1. The second kappa shape index (κ2) is 13.1. The number of aromatic nitrogens is 3. The van der Waals surface area contributed by atoms with E-state index in [1.165, 1.54) is 55.1 Å². The van der Waals surface area contributed by atoms with Crippen molar-refractivity contribution in [1.29, 1.82) is 0 Å². The molecule has 2 heterocycles. The van der Waals surface area contributed by atoms with E-state index in [9.17, 15) is 0 Å². The first-order valence-electron chi connectivity index (χ1n) is 20.4. The zero-order valence-electron chi connectivity index (χ0n) is 32.4. The molecule has 2 aliphatic carbocycles. The Morgan fingerprint density at radius 2 is 1.07 bits per heavy atom. The van der Waals surface area contributed by atoms with Crippen molar-refractivity contribution in [1.82, 2.24) is 15.0 Å². The Bertz CT molecular complexity index is 3210. The molecule has 59 heavy (non-hydrogen) atoms. The van der Waals surface area contributed by atoms with Gasteiger partial charge in [-0.05, 0) is 85.5 Å². The van der Waals surface area contributed by atoms with Gasteiger partial charge in [0.1, 0.15) is 11.5 Å². The summed E-state index contributed by atoms with van der Waals surface area (Å²) < 4.78 is 6.83. The third-order valence-electron chi connectivity index (χ3n) is 12.7. The lowest BCUT2D eigenvalue weighted by molar-refractivity contribution is 0.436. The zero-order chi connectivity index (χ0) is 39.1. The monoisotopic (exact) mass is 755 g/mol. The highest BCUT2D eigenvalue weighted by atomic mass is 16.5. The Morgan fingerprint density at radius 3 is 1.86 bits per heavy atom. The summed E-state index contributed by atoms with van der Waals surface area (Å²) in [4.78, 5) is 15.4. The fourth-order valence-corrected chi connectivity index (χ4v) is 9.93. The molecule has 1 spiro atoms. The Hall–Kier alpha value is -7.43. The molecule has 0 fully saturated rings. The molecular formula is C55H37N3O. The molecule has 8 aromatic carbocycles. The van der Waals surface area contributed by atoms with Crippen molar-refractivity contribution in [2.24, 2.45) is 5.92 Å². The number of fused-ring (bicyclic) bond motifs is 12. The Labute approximate surface area is 342 Å². The number of hydrogen-bond acceptors (Lipinski definition) is 4. The van der Waals surface area contributed by atoms with Gasteiger partial charge in [0.15, 0.2) is 17.5 Å². The number of rotatable bonds is 4. The van der Waals surface area contributed by atoms with Crippen LogP contribution in [0.4, 0.5) is 0 Å². The molecule has 9 aromatic rings. The van der Waals surface area contributed by atoms with E-state index in [1.807, 2.05) is 18.2 Å². The SMILES string of the molecule is CC1CC(c2ccc3c(c2)Oc2ccccc2C32c3ccccc3-c3ccccc32)=CC=C1c1nc(-c2ccccc2)nc(-c2ccc3c(ccc4ccccc43)c2)n1. The van der Waals surface area contributed by atoms with Crippen LogP contribution in [0.15, 0.2) is 188 Å². The lowest BCUT2D eigenvalue weighted by Gasteiger charge is -2.39. The van der Waals surface area contributed by atoms with Crippen LogP contribution >= 0.6 is 0 Å². The van der Waals surface area contributed by atoms with Gasteiger partial charge in [0.05, 0.1) is 5.41 Å². The van der Waals surface area contributed by atoms with E-state index in [4.69, 9.17) is 19.7 Å². The lowest BCUT2D eigenvalue weighted by Crippen LogP contribution is -2.32. The summed E-state index contributed by atoms with van der Waals surface area (Å²) in [6, 6.07) is 62.8. The maximum atomic E-state index is 6.83. The molecule has 4 heteroatoms. The summed E-state index contributed by atoms with van der Waals surface area (Å²) in [6.07, 6.45) is 5.30. The van der Waals surface area contributed by atoms with Crippen molar-refractivity contribution >= 4 is 32.7 Å². The minimum Gasteiger partial charge on any atom is -0.457 e.